The second-order valence-corrected chi connectivity index (χ2v) is 7.09. The Labute approximate surface area is 186 Å². The van der Waals surface area contributed by atoms with Gasteiger partial charge in [0.1, 0.15) is 45.8 Å². The molecule has 2 aromatic carbocycles. The molecule has 0 saturated heterocycles. The van der Waals surface area contributed by atoms with Crippen LogP contribution in [0.4, 0.5) is 26.4 Å². The summed E-state index contributed by atoms with van der Waals surface area (Å²) in [5, 5.41) is 11.8. The Kier molecular flexibility index (Phi) is 5.82. The summed E-state index contributed by atoms with van der Waals surface area (Å²) in [4.78, 5) is 25.2. The highest BCUT2D eigenvalue weighted by Gasteiger charge is 2.18. The molecule has 2 heterocycles. The first-order valence-electron chi connectivity index (χ1n) is 9.92. The zero-order valence-electron chi connectivity index (χ0n) is 17.2. The van der Waals surface area contributed by atoms with Crippen LogP contribution in [-0.2, 0) is 6.42 Å². The maximum absolute atomic E-state index is 14.4. The summed E-state index contributed by atoms with van der Waals surface area (Å²) in [6.07, 6.45) is 0.650. The van der Waals surface area contributed by atoms with Crippen molar-refractivity contribution in [2.24, 2.45) is 0 Å². The third-order valence-electron chi connectivity index (χ3n) is 4.94. The van der Waals surface area contributed by atoms with Gasteiger partial charge in [-0.05, 0) is 30.7 Å². The normalized spacial score (nSPS) is 10.8. The van der Waals surface area contributed by atoms with E-state index in [9.17, 15) is 18.8 Å². The largest absolute Gasteiger partial charge is 0.382 e. The average Bonchev–Trinajstić information content (AvgIpc) is 2.79. The van der Waals surface area contributed by atoms with E-state index in [1.807, 2.05) is 6.07 Å². The number of fused-ring (bicyclic) bond motifs is 1. The van der Waals surface area contributed by atoms with Gasteiger partial charge in [0.2, 0.25) is 5.95 Å². The lowest BCUT2D eigenvalue weighted by atomic mass is 10.2. The fourth-order valence-electron chi connectivity index (χ4n) is 3.46. The number of benzene rings is 2. The number of hydrogen-bond acceptors (Lipinski definition) is 8. The number of nitrogen functional groups attached to an aromatic ring is 2. The van der Waals surface area contributed by atoms with Crippen LogP contribution in [0.2, 0.25) is 0 Å². The first-order chi connectivity index (χ1) is 15.9. The molecule has 4 aromatic rings. The van der Waals surface area contributed by atoms with E-state index >= 15 is 0 Å². The number of nitrogens with two attached hydrogens (primary N) is 2. The van der Waals surface area contributed by atoms with E-state index in [2.05, 4.69) is 20.3 Å². The number of hydrogen-bond donors (Lipinski definition) is 3. The maximum Gasteiger partial charge on any atom is 0.269 e. The Bertz CT molecular complexity index is 1450. The Balaban J connectivity index is 1.68. The van der Waals surface area contributed by atoms with E-state index in [0.717, 1.165) is 12.1 Å². The van der Waals surface area contributed by atoms with Gasteiger partial charge in [-0.25, -0.2) is 13.8 Å². The number of aryl methyl sites for hydroxylation is 1. The van der Waals surface area contributed by atoms with Gasteiger partial charge in [0.05, 0.1) is 5.69 Å². The van der Waals surface area contributed by atoms with Gasteiger partial charge in [-0.1, -0.05) is 18.2 Å². The fourth-order valence-corrected chi connectivity index (χ4v) is 3.46. The molecule has 0 radical (unpaired) electrons. The molecule has 4 rings (SSSR count). The number of nitriles is 1. The van der Waals surface area contributed by atoms with Crippen molar-refractivity contribution < 1.29 is 8.78 Å². The zero-order valence-corrected chi connectivity index (χ0v) is 17.2. The third-order valence-corrected chi connectivity index (χ3v) is 4.94. The summed E-state index contributed by atoms with van der Waals surface area (Å²) in [7, 11) is 0. The molecule has 0 saturated carbocycles. The van der Waals surface area contributed by atoms with Crippen LogP contribution in [0, 0.1) is 23.0 Å². The topological polar surface area (TPSA) is 149 Å². The van der Waals surface area contributed by atoms with Crippen LogP contribution in [0.5, 0.6) is 0 Å². The van der Waals surface area contributed by atoms with Gasteiger partial charge in [-0.3, -0.25) is 9.36 Å². The Morgan fingerprint density at radius 3 is 2.48 bits per heavy atom. The lowest BCUT2D eigenvalue weighted by Crippen LogP contribution is -2.25. The molecule has 0 spiro atoms. The lowest BCUT2D eigenvalue weighted by molar-refractivity contribution is 0.610. The van der Waals surface area contributed by atoms with Gasteiger partial charge in [0.15, 0.2) is 5.82 Å². The van der Waals surface area contributed by atoms with Crippen LogP contribution in [0.3, 0.4) is 0 Å². The molecule has 11 heteroatoms. The van der Waals surface area contributed by atoms with Crippen LogP contribution >= 0.6 is 0 Å². The van der Waals surface area contributed by atoms with E-state index in [0.29, 0.717) is 18.7 Å². The fraction of sp³-hybridized carbons (Fsp3) is 0.136. The SMILES string of the molecule is N#Cc1c(N)nc(N)nc1NCCCc1nc2c(F)ccc(F)c2c(=O)n1-c1ccccc1. The van der Waals surface area contributed by atoms with Gasteiger partial charge in [0, 0.05) is 13.0 Å². The molecule has 2 aromatic heterocycles. The van der Waals surface area contributed by atoms with Gasteiger partial charge in [0.25, 0.3) is 5.56 Å². The van der Waals surface area contributed by atoms with Crippen LogP contribution in [0.25, 0.3) is 16.6 Å². The van der Waals surface area contributed by atoms with Gasteiger partial charge >= 0.3 is 0 Å². The van der Waals surface area contributed by atoms with Gasteiger partial charge < -0.3 is 16.8 Å². The number of nitrogens with one attached hydrogen (secondary N) is 1. The predicted octanol–water partition coefficient (Wildman–Crippen LogP) is 2.53. The van der Waals surface area contributed by atoms with E-state index < -0.39 is 22.6 Å². The Morgan fingerprint density at radius 2 is 1.76 bits per heavy atom. The van der Waals surface area contributed by atoms with E-state index in [-0.39, 0.29) is 40.9 Å². The molecular formula is C22H18F2N8O. The van der Waals surface area contributed by atoms with Crippen molar-refractivity contribution in [2.45, 2.75) is 12.8 Å². The smallest absolute Gasteiger partial charge is 0.269 e. The second-order valence-electron chi connectivity index (χ2n) is 7.09. The minimum absolute atomic E-state index is 0.0425. The van der Waals surface area contributed by atoms with Gasteiger partial charge in [-0.2, -0.15) is 15.2 Å². The van der Waals surface area contributed by atoms with Crippen molar-refractivity contribution in [2.75, 3.05) is 23.3 Å². The minimum Gasteiger partial charge on any atom is -0.382 e. The number of para-hydroxylation sites is 1. The van der Waals surface area contributed by atoms with Gasteiger partial charge in [-0.15, -0.1) is 0 Å². The average molecular weight is 448 g/mol. The van der Waals surface area contributed by atoms with Crippen molar-refractivity contribution in [3.05, 3.63) is 75.8 Å². The van der Waals surface area contributed by atoms with Crippen molar-refractivity contribution in [3.63, 3.8) is 0 Å². The zero-order chi connectivity index (χ0) is 23.5. The summed E-state index contributed by atoms with van der Waals surface area (Å²) in [6, 6.07) is 12.4. The first kappa shape index (κ1) is 21.6. The van der Waals surface area contributed by atoms with E-state index in [4.69, 9.17) is 11.5 Å². The lowest BCUT2D eigenvalue weighted by Gasteiger charge is -2.15. The molecule has 0 bridgehead atoms. The molecule has 0 unspecified atom stereocenters. The minimum atomic E-state index is -0.843. The van der Waals surface area contributed by atoms with Crippen molar-refractivity contribution in [1.82, 2.24) is 19.5 Å². The molecule has 0 aliphatic carbocycles. The van der Waals surface area contributed by atoms with E-state index in [1.165, 1.54) is 4.57 Å². The molecule has 0 amide bonds. The number of halogens is 2. The number of nitrogens with zero attached hydrogens (tertiary/aromatic N) is 5. The molecular weight excluding hydrogens is 430 g/mol. The summed E-state index contributed by atoms with van der Waals surface area (Å²) < 4.78 is 30.0. The highest BCUT2D eigenvalue weighted by Crippen LogP contribution is 2.20. The summed E-state index contributed by atoms with van der Waals surface area (Å²) >= 11 is 0. The first-order valence-corrected chi connectivity index (χ1v) is 9.92. The monoisotopic (exact) mass is 448 g/mol. The van der Waals surface area contributed by atoms with Crippen molar-refractivity contribution in [1.29, 1.82) is 5.26 Å². The quantitative estimate of drug-likeness (QED) is 0.381. The predicted molar refractivity (Wildman–Crippen MR) is 120 cm³/mol. The molecule has 0 aliphatic rings. The van der Waals surface area contributed by atoms with Crippen LogP contribution in [0.1, 0.15) is 17.8 Å². The molecule has 0 aliphatic heterocycles. The standard InChI is InChI=1S/C22H18F2N8O/c23-14-8-9-15(24)18-17(14)21(33)32(12-5-2-1-3-6-12)16(29-18)7-4-10-28-20-13(11-25)19(26)30-22(27)31-20/h1-3,5-6,8-9H,4,7,10H2,(H5,26,27,28,30,31). The molecule has 0 fully saturated rings. The van der Waals surface area contributed by atoms with E-state index in [1.54, 1.807) is 30.3 Å². The third kappa shape index (κ3) is 4.14. The summed E-state index contributed by atoms with van der Waals surface area (Å²) in [6.45, 7) is 0.304. The summed E-state index contributed by atoms with van der Waals surface area (Å²) in [5.74, 6) is -1.31. The number of aromatic nitrogens is 4. The second kappa shape index (κ2) is 8.88. The molecule has 0 atom stereocenters. The highest BCUT2D eigenvalue weighted by atomic mass is 19.1. The number of anilines is 3. The van der Waals surface area contributed by atoms with Crippen molar-refractivity contribution >= 4 is 28.5 Å². The maximum atomic E-state index is 14.4. The van der Waals surface area contributed by atoms with Crippen LogP contribution < -0.4 is 22.3 Å². The molecule has 9 nitrogen and oxygen atoms in total. The van der Waals surface area contributed by atoms with Crippen LogP contribution in [-0.4, -0.2) is 26.1 Å². The highest BCUT2D eigenvalue weighted by molar-refractivity contribution is 5.79. The summed E-state index contributed by atoms with van der Waals surface area (Å²) in [5.41, 5.74) is 10.8. The van der Waals surface area contributed by atoms with Crippen LogP contribution in [0.15, 0.2) is 47.3 Å². The Hall–Kier alpha value is -4.59. The molecule has 166 valence electrons. The molecule has 5 N–H and O–H groups in total. The Morgan fingerprint density at radius 1 is 1.03 bits per heavy atom. The number of rotatable bonds is 6. The molecule has 33 heavy (non-hydrogen) atoms. The van der Waals surface area contributed by atoms with Crippen molar-refractivity contribution in [3.8, 4) is 11.8 Å².